The lowest BCUT2D eigenvalue weighted by atomic mass is 10.1. The third-order valence-electron chi connectivity index (χ3n) is 3.56. The number of primary sulfonamides is 1. The molecule has 0 atom stereocenters. The lowest BCUT2D eigenvalue weighted by Crippen LogP contribution is -2.25. The number of nitrogens with two attached hydrogens (primary N) is 1. The predicted molar refractivity (Wildman–Crippen MR) is 94.3 cm³/mol. The summed E-state index contributed by atoms with van der Waals surface area (Å²) < 4.78 is 54.2. The molecule has 2 rings (SSSR count). The molecule has 9 heteroatoms. The van der Waals surface area contributed by atoms with Crippen molar-refractivity contribution in [3.05, 3.63) is 54.1 Å². The molecule has 0 aliphatic carbocycles. The fraction of sp³-hybridized carbons (Fsp3) is 0.250. The van der Waals surface area contributed by atoms with Crippen LogP contribution in [-0.2, 0) is 26.5 Å². The van der Waals surface area contributed by atoms with Crippen molar-refractivity contribution in [2.75, 3.05) is 13.7 Å². The summed E-state index contributed by atoms with van der Waals surface area (Å²) in [6.07, 6.45) is 1.18. The summed E-state index contributed by atoms with van der Waals surface area (Å²) in [5.41, 5.74) is 0.899. The van der Waals surface area contributed by atoms with Crippen LogP contribution in [0.1, 0.15) is 12.0 Å². The van der Waals surface area contributed by atoms with Crippen LogP contribution in [-0.4, -0.2) is 30.5 Å². The number of aryl methyl sites for hydroxylation is 1. The van der Waals surface area contributed by atoms with E-state index in [1.165, 1.54) is 31.4 Å². The largest absolute Gasteiger partial charge is 0.497 e. The zero-order valence-electron chi connectivity index (χ0n) is 13.7. The summed E-state index contributed by atoms with van der Waals surface area (Å²) >= 11 is 0. The van der Waals surface area contributed by atoms with Crippen LogP contribution in [0.5, 0.6) is 5.75 Å². The van der Waals surface area contributed by atoms with Gasteiger partial charge in [-0.05, 0) is 54.8 Å². The molecule has 3 N–H and O–H groups in total. The van der Waals surface area contributed by atoms with Gasteiger partial charge in [-0.25, -0.2) is 26.7 Å². The minimum atomic E-state index is -3.70. The van der Waals surface area contributed by atoms with E-state index in [1.807, 2.05) is 0 Å². The van der Waals surface area contributed by atoms with E-state index < -0.39 is 20.0 Å². The monoisotopic (exact) mass is 384 g/mol. The minimum Gasteiger partial charge on any atom is -0.497 e. The Balaban J connectivity index is 1.87. The van der Waals surface area contributed by atoms with Crippen LogP contribution in [0.3, 0.4) is 0 Å². The molecule has 0 spiro atoms. The Morgan fingerprint density at radius 2 is 1.48 bits per heavy atom. The Morgan fingerprint density at radius 1 is 0.920 bits per heavy atom. The molecule has 0 aliphatic heterocycles. The fourth-order valence-corrected chi connectivity index (χ4v) is 3.77. The van der Waals surface area contributed by atoms with Gasteiger partial charge in [-0.1, -0.05) is 12.1 Å². The molecule has 0 unspecified atom stereocenters. The maximum atomic E-state index is 12.2. The molecule has 25 heavy (non-hydrogen) atoms. The molecule has 0 fully saturated rings. The summed E-state index contributed by atoms with van der Waals surface area (Å²) in [5.74, 6) is 0.585. The maximum absolute atomic E-state index is 12.2. The highest BCUT2D eigenvalue weighted by molar-refractivity contribution is 7.89. The maximum Gasteiger partial charge on any atom is 0.240 e. The molecule has 2 aromatic carbocycles. The second-order valence-corrected chi connectivity index (χ2v) is 8.69. The van der Waals surface area contributed by atoms with Crippen molar-refractivity contribution in [1.82, 2.24) is 4.72 Å². The van der Waals surface area contributed by atoms with Crippen LogP contribution in [0.4, 0.5) is 0 Å². The van der Waals surface area contributed by atoms with E-state index in [4.69, 9.17) is 9.88 Å². The van der Waals surface area contributed by atoms with Gasteiger partial charge in [0.25, 0.3) is 0 Å². The first-order valence-corrected chi connectivity index (χ1v) is 10.5. The highest BCUT2D eigenvalue weighted by atomic mass is 32.2. The van der Waals surface area contributed by atoms with Crippen LogP contribution in [0.25, 0.3) is 0 Å². The second kappa shape index (κ2) is 7.96. The number of hydrogen-bond donors (Lipinski definition) is 2. The predicted octanol–water partition coefficient (Wildman–Crippen LogP) is 1.25. The lowest BCUT2D eigenvalue weighted by molar-refractivity contribution is 0.414. The smallest absolute Gasteiger partial charge is 0.240 e. The van der Waals surface area contributed by atoms with Crippen LogP contribution in [0.15, 0.2) is 58.3 Å². The van der Waals surface area contributed by atoms with Gasteiger partial charge in [-0.15, -0.1) is 0 Å². The summed E-state index contributed by atoms with van der Waals surface area (Å²) in [7, 11) is -5.76. The van der Waals surface area contributed by atoms with Gasteiger partial charge >= 0.3 is 0 Å². The quantitative estimate of drug-likeness (QED) is 0.665. The number of benzene rings is 2. The minimum absolute atomic E-state index is 0.0523. The van der Waals surface area contributed by atoms with Crippen molar-refractivity contribution in [3.63, 3.8) is 0 Å². The van der Waals surface area contributed by atoms with E-state index in [-0.39, 0.29) is 16.3 Å². The number of hydrogen-bond acceptors (Lipinski definition) is 5. The van der Waals surface area contributed by atoms with E-state index in [2.05, 4.69) is 4.72 Å². The van der Waals surface area contributed by atoms with Crippen LogP contribution >= 0.6 is 0 Å². The summed E-state index contributed by atoms with van der Waals surface area (Å²) in [6.45, 7) is 0.269. The van der Waals surface area contributed by atoms with Crippen molar-refractivity contribution in [1.29, 1.82) is 0 Å². The zero-order chi connectivity index (χ0) is 18.5. The van der Waals surface area contributed by atoms with Crippen LogP contribution in [0, 0.1) is 0 Å². The molecule has 136 valence electrons. The highest BCUT2D eigenvalue weighted by Crippen LogP contribution is 2.15. The van der Waals surface area contributed by atoms with Gasteiger partial charge in [-0.2, -0.15) is 0 Å². The van der Waals surface area contributed by atoms with E-state index >= 15 is 0 Å². The molecule has 7 nitrogen and oxygen atoms in total. The van der Waals surface area contributed by atoms with Crippen molar-refractivity contribution < 1.29 is 21.6 Å². The van der Waals surface area contributed by atoms with E-state index in [0.717, 1.165) is 5.56 Å². The van der Waals surface area contributed by atoms with Gasteiger partial charge < -0.3 is 4.74 Å². The lowest BCUT2D eigenvalue weighted by Gasteiger charge is -2.08. The average molecular weight is 384 g/mol. The van der Waals surface area contributed by atoms with Crippen molar-refractivity contribution in [2.24, 2.45) is 5.14 Å². The van der Waals surface area contributed by atoms with Crippen LogP contribution in [0.2, 0.25) is 0 Å². The van der Waals surface area contributed by atoms with Gasteiger partial charge in [0.2, 0.25) is 20.0 Å². The van der Waals surface area contributed by atoms with Gasteiger partial charge in [0, 0.05) is 6.54 Å². The van der Waals surface area contributed by atoms with Crippen molar-refractivity contribution in [2.45, 2.75) is 22.6 Å². The molecular weight excluding hydrogens is 364 g/mol. The Labute approximate surface area is 147 Å². The molecular formula is C16H20N2O5S2. The molecule has 2 aromatic rings. The van der Waals surface area contributed by atoms with E-state index in [9.17, 15) is 16.8 Å². The third kappa shape index (κ3) is 5.53. The Kier molecular flexibility index (Phi) is 6.17. The first kappa shape index (κ1) is 19.4. The number of nitrogens with one attached hydrogen (secondary N) is 1. The fourth-order valence-electron chi connectivity index (χ4n) is 2.18. The first-order valence-electron chi connectivity index (χ1n) is 7.48. The Bertz CT molecular complexity index is 906. The molecule has 0 saturated carbocycles. The number of rotatable bonds is 8. The number of sulfonamides is 2. The molecule has 0 amide bonds. The van der Waals surface area contributed by atoms with Crippen molar-refractivity contribution in [3.8, 4) is 5.75 Å². The highest BCUT2D eigenvalue weighted by Gasteiger charge is 2.13. The molecule has 0 saturated heterocycles. The molecule has 0 bridgehead atoms. The van der Waals surface area contributed by atoms with Gasteiger partial charge in [0.05, 0.1) is 16.9 Å². The standard InChI is InChI=1S/C16H20N2O5S2/c1-23-14-6-10-16(11-7-14)25(21,22)18-12-2-3-13-4-8-15(9-5-13)24(17,19)20/h4-11,18H,2-3,12H2,1H3,(H2,17,19,20). The molecule has 0 heterocycles. The van der Waals surface area contributed by atoms with Crippen LogP contribution < -0.4 is 14.6 Å². The normalized spacial score (nSPS) is 12.1. The number of methoxy groups -OCH3 is 1. The Morgan fingerprint density at radius 3 is 2.00 bits per heavy atom. The van der Waals surface area contributed by atoms with Gasteiger partial charge in [0.1, 0.15) is 5.75 Å². The molecule has 0 aromatic heterocycles. The second-order valence-electron chi connectivity index (χ2n) is 5.37. The zero-order valence-corrected chi connectivity index (χ0v) is 15.3. The van der Waals surface area contributed by atoms with Gasteiger partial charge in [0.15, 0.2) is 0 Å². The number of ether oxygens (including phenoxy) is 1. The Hall–Kier alpha value is -1.94. The first-order chi connectivity index (χ1) is 11.7. The SMILES string of the molecule is COc1ccc(S(=O)(=O)NCCCc2ccc(S(N)(=O)=O)cc2)cc1. The van der Waals surface area contributed by atoms with E-state index in [1.54, 1.807) is 24.3 Å². The molecule has 0 aliphatic rings. The third-order valence-corrected chi connectivity index (χ3v) is 5.96. The van der Waals surface area contributed by atoms with E-state index in [0.29, 0.717) is 18.6 Å². The van der Waals surface area contributed by atoms with Crippen molar-refractivity contribution >= 4 is 20.0 Å². The van der Waals surface area contributed by atoms with Gasteiger partial charge in [-0.3, -0.25) is 0 Å². The average Bonchev–Trinajstić information content (AvgIpc) is 2.58. The molecule has 0 radical (unpaired) electrons. The summed E-state index contributed by atoms with van der Waals surface area (Å²) in [4.78, 5) is 0.224. The summed E-state index contributed by atoms with van der Waals surface area (Å²) in [5, 5.41) is 5.04. The summed E-state index contributed by atoms with van der Waals surface area (Å²) in [6, 6.07) is 12.3. The topological polar surface area (TPSA) is 116 Å².